The van der Waals surface area contributed by atoms with Crippen molar-refractivity contribution in [1.29, 1.82) is 0 Å². The maximum Gasteiger partial charge on any atom is 0.0707 e. The summed E-state index contributed by atoms with van der Waals surface area (Å²) in [5, 5.41) is 0. The van der Waals surface area contributed by atoms with Crippen LogP contribution in [0.25, 0.3) is 11.3 Å². The van der Waals surface area contributed by atoms with Crippen LogP contribution in [0.5, 0.6) is 0 Å². The second-order valence-corrected chi connectivity index (χ2v) is 8.25. The molecule has 0 saturated heterocycles. The van der Waals surface area contributed by atoms with Gasteiger partial charge >= 0.3 is 0 Å². The third kappa shape index (κ3) is 8.41. The lowest BCUT2D eigenvalue weighted by molar-refractivity contribution is 0.277. The summed E-state index contributed by atoms with van der Waals surface area (Å²) in [4.78, 5) is 11.9. The number of nitrogens with zero attached hydrogens (tertiary/aromatic N) is 3. The van der Waals surface area contributed by atoms with E-state index in [0.29, 0.717) is 5.92 Å². The molecule has 0 N–H and O–H groups in total. The van der Waals surface area contributed by atoms with E-state index in [2.05, 4.69) is 86.3 Å². The van der Waals surface area contributed by atoms with Gasteiger partial charge in [-0.05, 0) is 82.1 Å². The molecular weight excluding hydrogens is 378 g/mol. The molecule has 0 amide bonds. The molecule has 0 radical (unpaired) electrons. The van der Waals surface area contributed by atoms with E-state index in [0.717, 1.165) is 31.6 Å². The van der Waals surface area contributed by atoms with Crippen molar-refractivity contribution in [2.24, 2.45) is 4.99 Å². The Labute approximate surface area is 190 Å². The molecule has 1 aromatic carbocycles. The highest BCUT2D eigenvalue weighted by atomic mass is 15.1. The van der Waals surface area contributed by atoms with Gasteiger partial charge in [-0.1, -0.05) is 56.7 Å². The monoisotopic (exact) mass is 419 g/mol. The molecule has 0 bridgehead atoms. The minimum atomic E-state index is 0.370. The van der Waals surface area contributed by atoms with E-state index in [1.54, 1.807) is 0 Å². The number of allylic oxidation sites excluding steroid dienone is 2. The number of rotatable bonds is 14. The lowest BCUT2D eigenvalue weighted by Crippen LogP contribution is -2.28. The van der Waals surface area contributed by atoms with Gasteiger partial charge in [0.25, 0.3) is 0 Å². The second-order valence-electron chi connectivity index (χ2n) is 8.25. The van der Waals surface area contributed by atoms with E-state index in [4.69, 9.17) is 4.99 Å². The summed E-state index contributed by atoms with van der Waals surface area (Å²) in [6, 6.07) is 12.8. The van der Waals surface area contributed by atoms with Gasteiger partial charge < -0.3 is 4.90 Å². The molecule has 0 fully saturated rings. The first-order chi connectivity index (χ1) is 15.2. The van der Waals surface area contributed by atoms with Gasteiger partial charge in [0.2, 0.25) is 0 Å². The van der Waals surface area contributed by atoms with Crippen LogP contribution in [0.2, 0.25) is 0 Å². The molecule has 1 aromatic heterocycles. The van der Waals surface area contributed by atoms with E-state index < -0.39 is 0 Å². The molecule has 1 unspecified atom stereocenters. The molecule has 0 spiro atoms. The molecule has 0 aliphatic rings. The molecule has 168 valence electrons. The summed E-state index contributed by atoms with van der Waals surface area (Å²) < 4.78 is 0. The Balaban J connectivity index is 2.00. The zero-order valence-electron chi connectivity index (χ0n) is 20.1. The summed E-state index contributed by atoms with van der Waals surface area (Å²) >= 11 is 0. The van der Waals surface area contributed by atoms with E-state index in [1.807, 2.05) is 12.3 Å². The van der Waals surface area contributed by atoms with Gasteiger partial charge in [-0.3, -0.25) is 9.98 Å². The average Bonchev–Trinajstić information content (AvgIpc) is 2.79. The summed E-state index contributed by atoms with van der Waals surface area (Å²) in [6.07, 6.45) is 14.3. The van der Waals surface area contributed by atoms with Crippen LogP contribution >= 0.6 is 0 Å². The zero-order valence-corrected chi connectivity index (χ0v) is 20.1. The van der Waals surface area contributed by atoms with Gasteiger partial charge in [-0.25, -0.2) is 0 Å². The van der Waals surface area contributed by atoms with Gasteiger partial charge in [0.1, 0.15) is 0 Å². The third-order valence-electron chi connectivity index (χ3n) is 5.70. The standard InChI is InChI=1S/C28H41N3/c1-5-8-22-31(21-7-3)23-20-29-18-12-15-25(13-6-2)26-16-11-14-24(4)28(26)27-17-9-10-19-30-27/h6,9-11,13-14,16-19,25H,5,7-8,12,15,20-23H2,1-4H3/b13-6-,29-18?. The van der Waals surface area contributed by atoms with Crippen molar-refractivity contribution >= 4 is 6.21 Å². The van der Waals surface area contributed by atoms with Crippen molar-refractivity contribution in [2.45, 2.75) is 65.7 Å². The fraction of sp³-hybridized carbons (Fsp3) is 0.500. The Morgan fingerprint density at radius 3 is 2.61 bits per heavy atom. The quantitative estimate of drug-likeness (QED) is 0.242. The summed E-state index contributed by atoms with van der Waals surface area (Å²) in [5.74, 6) is 0.370. The molecule has 3 heteroatoms. The minimum Gasteiger partial charge on any atom is -0.302 e. The molecule has 1 heterocycles. The third-order valence-corrected chi connectivity index (χ3v) is 5.70. The maximum absolute atomic E-state index is 4.72. The number of aliphatic imine (C=N–C) groups is 1. The highest BCUT2D eigenvalue weighted by Crippen LogP contribution is 2.34. The van der Waals surface area contributed by atoms with E-state index in [-0.39, 0.29) is 0 Å². The van der Waals surface area contributed by atoms with Crippen LogP contribution in [0.15, 0.2) is 59.7 Å². The molecule has 2 rings (SSSR count). The molecule has 1 atom stereocenters. The van der Waals surface area contributed by atoms with Gasteiger partial charge in [-0.15, -0.1) is 0 Å². The van der Waals surface area contributed by atoms with E-state index in [1.165, 1.54) is 49.0 Å². The van der Waals surface area contributed by atoms with E-state index >= 15 is 0 Å². The normalized spacial score (nSPS) is 12.9. The SMILES string of the molecule is C/C=C\C(CCC=NCCN(CCC)CCCC)c1cccc(C)c1-c1ccccn1. The number of hydrogen-bond donors (Lipinski definition) is 0. The molecule has 31 heavy (non-hydrogen) atoms. The van der Waals surface area contributed by atoms with Gasteiger partial charge in [0, 0.05) is 24.2 Å². The summed E-state index contributed by atoms with van der Waals surface area (Å²) in [5.41, 5.74) is 4.97. The second kappa shape index (κ2) is 14.7. The van der Waals surface area contributed by atoms with Crippen molar-refractivity contribution in [3.8, 4) is 11.3 Å². The molecule has 0 saturated carbocycles. The number of hydrogen-bond acceptors (Lipinski definition) is 3. The Morgan fingerprint density at radius 1 is 1.03 bits per heavy atom. The zero-order chi connectivity index (χ0) is 22.3. The number of aromatic nitrogens is 1. The highest BCUT2D eigenvalue weighted by Gasteiger charge is 2.16. The molecule has 0 aliphatic carbocycles. The average molecular weight is 420 g/mol. The highest BCUT2D eigenvalue weighted by molar-refractivity contribution is 5.69. The Hall–Kier alpha value is -2.26. The molecule has 3 nitrogen and oxygen atoms in total. The lowest BCUT2D eigenvalue weighted by Gasteiger charge is -2.20. The number of benzene rings is 1. The van der Waals surface area contributed by atoms with Crippen LogP contribution < -0.4 is 0 Å². The van der Waals surface area contributed by atoms with E-state index in [9.17, 15) is 0 Å². The van der Waals surface area contributed by atoms with Crippen LogP contribution in [0, 0.1) is 6.92 Å². The predicted octanol–water partition coefficient (Wildman–Crippen LogP) is 7.08. The van der Waals surface area contributed by atoms with Crippen molar-refractivity contribution in [1.82, 2.24) is 9.88 Å². The first-order valence-corrected chi connectivity index (χ1v) is 12.1. The van der Waals surface area contributed by atoms with Crippen LogP contribution in [0.1, 0.15) is 69.9 Å². The molecule has 2 aromatic rings. The summed E-state index contributed by atoms with van der Waals surface area (Å²) in [6.45, 7) is 13.2. The van der Waals surface area contributed by atoms with Crippen molar-refractivity contribution in [3.05, 3.63) is 65.9 Å². The lowest BCUT2D eigenvalue weighted by atomic mass is 9.86. The van der Waals surface area contributed by atoms with Crippen molar-refractivity contribution in [3.63, 3.8) is 0 Å². The predicted molar refractivity (Wildman–Crippen MR) is 136 cm³/mol. The Morgan fingerprint density at radius 2 is 1.90 bits per heavy atom. The van der Waals surface area contributed by atoms with Crippen LogP contribution in [-0.4, -0.2) is 42.3 Å². The van der Waals surface area contributed by atoms with Crippen molar-refractivity contribution in [2.75, 3.05) is 26.2 Å². The van der Waals surface area contributed by atoms with Crippen LogP contribution in [0.4, 0.5) is 0 Å². The van der Waals surface area contributed by atoms with Crippen LogP contribution in [0.3, 0.4) is 0 Å². The molecular formula is C28H41N3. The Kier molecular flexibility index (Phi) is 11.9. The fourth-order valence-corrected chi connectivity index (χ4v) is 4.12. The first-order valence-electron chi connectivity index (χ1n) is 12.1. The smallest absolute Gasteiger partial charge is 0.0707 e. The Bertz CT molecular complexity index is 795. The number of unbranched alkanes of at least 4 members (excludes halogenated alkanes) is 1. The largest absolute Gasteiger partial charge is 0.302 e. The number of pyridine rings is 1. The fourth-order valence-electron chi connectivity index (χ4n) is 4.12. The van der Waals surface area contributed by atoms with Gasteiger partial charge in [0.15, 0.2) is 0 Å². The molecule has 0 aliphatic heterocycles. The maximum atomic E-state index is 4.72. The van der Waals surface area contributed by atoms with Gasteiger partial charge in [0.05, 0.1) is 12.2 Å². The topological polar surface area (TPSA) is 28.5 Å². The number of aryl methyl sites for hydroxylation is 1. The minimum absolute atomic E-state index is 0.370. The van der Waals surface area contributed by atoms with Gasteiger partial charge in [-0.2, -0.15) is 0 Å². The first kappa shape index (κ1) is 25.0. The van der Waals surface area contributed by atoms with Crippen LogP contribution in [-0.2, 0) is 0 Å². The summed E-state index contributed by atoms with van der Waals surface area (Å²) in [7, 11) is 0. The van der Waals surface area contributed by atoms with Crippen molar-refractivity contribution < 1.29 is 0 Å².